The average molecular weight is 334 g/mol. The van der Waals surface area contributed by atoms with Crippen molar-refractivity contribution in [3.8, 4) is 5.75 Å². The van der Waals surface area contributed by atoms with E-state index in [1.165, 1.54) is 0 Å². The number of amides is 1. The summed E-state index contributed by atoms with van der Waals surface area (Å²) in [5.41, 5.74) is 1.67. The van der Waals surface area contributed by atoms with Crippen LogP contribution in [-0.2, 0) is 0 Å². The molecule has 2 aromatic carbocycles. The zero-order valence-electron chi connectivity index (χ0n) is 11.4. The lowest BCUT2D eigenvalue weighted by molar-refractivity contribution is 0.0940. The molecular weight excluding hydrogens is 318 g/mol. The Bertz CT molecular complexity index is 596. The number of rotatable bonds is 4. The van der Waals surface area contributed by atoms with Gasteiger partial charge in [0.25, 0.3) is 5.91 Å². The number of hydrogen-bond donors (Lipinski definition) is 1. The zero-order valence-corrected chi connectivity index (χ0v) is 13.0. The first-order chi connectivity index (χ1) is 9.61. The predicted octanol–water partition coefficient (Wildman–Crippen LogP) is 3.95. The Morgan fingerprint density at radius 3 is 2.40 bits per heavy atom. The van der Waals surface area contributed by atoms with E-state index in [-0.39, 0.29) is 11.9 Å². The van der Waals surface area contributed by atoms with E-state index in [4.69, 9.17) is 4.74 Å². The Labute approximate surface area is 127 Å². The maximum Gasteiger partial charge on any atom is 0.251 e. The lowest BCUT2D eigenvalue weighted by atomic mass is 10.1. The molecule has 20 heavy (non-hydrogen) atoms. The van der Waals surface area contributed by atoms with Gasteiger partial charge in [0.2, 0.25) is 0 Å². The van der Waals surface area contributed by atoms with Crippen LogP contribution in [0.1, 0.15) is 28.9 Å². The van der Waals surface area contributed by atoms with E-state index in [0.717, 1.165) is 15.8 Å². The Hall–Kier alpha value is -1.81. The van der Waals surface area contributed by atoms with E-state index in [1.54, 1.807) is 31.4 Å². The molecule has 0 aromatic heterocycles. The molecular formula is C16H16BrNO2. The van der Waals surface area contributed by atoms with Crippen molar-refractivity contribution in [2.75, 3.05) is 7.11 Å². The molecule has 1 N–H and O–H groups in total. The van der Waals surface area contributed by atoms with E-state index in [2.05, 4.69) is 21.2 Å². The monoisotopic (exact) mass is 333 g/mol. The van der Waals surface area contributed by atoms with Crippen LogP contribution in [-0.4, -0.2) is 13.0 Å². The number of halogens is 1. The molecule has 104 valence electrons. The molecule has 4 heteroatoms. The highest BCUT2D eigenvalue weighted by Crippen LogP contribution is 2.23. The largest absolute Gasteiger partial charge is 0.497 e. The summed E-state index contributed by atoms with van der Waals surface area (Å²) in [4.78, 5) is 12.2. The molecule has 0 fully saturated rings. The molecule has 2 rings (SSSR count). The fourth-order valence-electron chi connectivity index (χ4n) is 1.93. The van der Waals surface area contributed by atoms with Gasteiger partial charge in [-0.1, -0.05) is 34.1 Å². The van der Waals surface area contributed by atoms with Crippen molar-refractivity contribution in [1.29, 1.82) is 0 Å². The SMILES string of the molecule is COc1ccc(C(=O)N[C@@H](C)c2ccccc2Br)cc1. The standard InChI is InChI=1S/C16H16BrNO2/c1-11(14-5-3-4-6-15(14)17)18-16(19)12-7-9-13(20-2)10-8-12/h3-11H,1-2H3,(H,18,19)/t11-/m0/s1. The van der Waals surface area contributed by atoms with Crippen LogP contribution in [0.15, 0.2) is 53.0 Å². The highest BCUT2D eigenvalue weighted by molar-refractivity contribution is 9.10. The fraction of sp³-hybridized carbons (Fsp3) is 0.188. The minimum Gasteiger partial charge on any atom is -0.497 e. The van der Waals surface area contributed by atoms with Gasteiger partial charge < -0.3 is 10.1 Å². The highest BCUT2D eigenvalue weighted by atomic mass is 79.9. The van der Waals surface area contributed by atoms with Crippen molar-refractivity contribution in [1.82, 2.24) is 5.32 Å². The summed E-state index contributed by atoms with van der Waals surface area (Å²) in [5.74, 6) is 0.635. The van der Waals surface area contributed by atoms with Crippen molar-refractivity contribution in [2.45, 2.75) is 13.0 Å². The van der Waals surface area contributed by atoms with E-state index >= 15 is 0 Å². The summed E-state index contributed by atoms with van der Waals surface area (Å²) >= 11 is 3.49. The van der Waals surface area contributed by atoms with Crippen LogP contribution in [0.25, 0.3) is 0 Å². The molecule has 0 aliphatic carbocycles. The maximum absolute atomic E-state index is 12.2. The van der Waals surface area contributed by atoms with Crippen LogP contribution in [0.4, 0.5) is 0 Å². The second kappa shape index (κ2) is 6.57. The fourth-order valence-corrected chi connectivity index (χ4v) is 2.55. The second-order valence-electron chi connectivity index (χ2n) is 4.45. The van der Waals surface area contributed by atoms with E-state index in [9.17, 15) is 4.79 Å². The summed E-state index contributed by atoms with van der Waals surface area (Å²) in [7, 11) is 1.60. The minimum atomic E-state index is -0.101. The molecule has 0 radical (unpaired) electrons. The number of ether oxygens (including phenoxy) is 1. The molecule has 1 amide bonds. The van der Waals surface area contributed by atoms with Gasteiger partial charge in [0.15, 0.2) is 0 Å². The molecule has 0 spiro atoms. The molecule has 3 nitrogen and oxygen atoms in total. The normalized spacial score (nSPS) is 11.8. The number of methoxy groups -OCH3 is 1. The van der Waals surface area contributed by atoms with Crippen LogP contribution in [0.5, 0.6) is 5.75 Å². The van der Waals surface area contributed by atoms with Crippen molar-refractivity contribution in [2.24, 2.45) is 0 Å². The third-order valence-electron chi connectivity index (χ3n) is 3.07. The second-order valence-corrected chi connectivity index (χ2v) is 5.30. The van der Waals surface area contributed by atoms with Gasteiger partial charge in [-0.05, 0) is 42.8 Å². The van der Waals surface area contributed by atoms with Gasteiger partial charge in [-0.3, -0.25) is 4.79 Å². The number of carbonyl (C=O) groups excluding carboxylic acids is 1. The number of nitrogens with one attached hydrogen (secondary N) is 1. The quantitative estimate of drug-likeness (QED) is 0.919. The van der Waals surface area contributed by atoms with Gasteiger partial charge >= 0.3 is 0 Å². The molecule has 0 bridgehead atoms. The van der Waals surface area contributed by atoms with Crippen LogP contribution in [0.2, 0.25) is 0 Å². The summed E-state index contributed by atoms with van der Waals surface area (Å²) in [6, 6.07) is 14.8. The minimum absolute atomic E-state index is 0.0693. The van der Waals surface area contributed by atoms with Crippen molar-refractivity contribution >= 4 is 21.8 Å². The van der Waals surface area contributed by atoms with Crippen LogP contribution >= 0.6 is 15.9 Å². The molecule has 0 heterocycles. The van der Waals surface area contributed by atoms with Crippen LogP contribution in [0.3, 0.4) is 0 Å². The summed E-state index contributed by atoms with van der Waals surface area (Å²) in [6.07, 6.45) is 0. The van der Waals surface area contributed by atoms with Crippen LogP contribution in [0, 0.1) is 0 Å². The Morgan fingerprint density at radius 2 is 1.80 bits per heavy atom. The highest BCUT2D eigenvalue weighted by Gasteiger charge is 2.13. The van der Waals surface area contributed by atoms with E-state index in [1.807, 2.05) is 31.2 Å². The topological polar surface area (TPSA) is 38.3 Å². The summed E-state index contributed by atoms with van der Waals surface area (Å²) < 4.78 is 6.07. The van der Waals surface area contributed by atoms with E-state index in [0.29, 0.717) is 5.56 Å². The van der Waals surface area contributed by atoms with Gasteiger partial charge in [0, 0.05) is 10.0 Å². The number of carbonyl (C=O) groups is 1. The first kappa shape index (κ1) is 14.6. The third kappa shape index (κ3) is 3.39. The van der Waals surface area contributed by atoms with Crippen molar-refractivity contribution in [3.63, 3.8) is 0 Å². The first-order valence-corrected chi connectivity index (χ1v) is 7.10. The predicted molar refractivity (Wildman–Crippen MR) is 83.0 cm³/mol. The van der Waals surface area contributed by atoms with Gasteiger partial charge in [-0.15, -0.1) is 0 Å². The molecule has 0 aliphatic heterocycles. The molecule has 2 aromatic rings. The van der Waals surface area contributed by atoms with Gasteiger partial charge in [0.05, 0.1) is 13.2 Å². The van der Waals surface area contributed by atoms with Crippen LogP contribution < -0.4 is 10.1 Å². The average Bonchev–Trinajstić information content (AvgIpc) is 2.47. The Kier molecular flexibility index (Phi) is 4.79. The van der Waals surface area contributed by atoms with Crippen molar-refractivity contribution < 1.29 is 9.53 Å². The lowest BCUT2D eigenvalue weighted by Crippen LogP contribution is -2.26. The number of hydrogen-bond acceptors (Lipinski definition) is 2. The molecule has 0 saturated carbocycles. The van der Waals surface area contributed by atoms with E-state index < -0.39 is 0 Å². The zero-order chi connectivity index (χ0) is 14.5. The Morgan fingerprint density at radius 1 is 1.15 bits per heavy atom. The van der Waals surface area contributed by atoms with Gasteiger partial charge in [-0.25, -0.2) is 0 Å². The van der Waals surface area contributed by atoms with Crippen molar-refractivity contribution in [3.05, 3.63) is 64.1 Å². The lowest BCUT2D eigenvalue weighted by Gasteiger charge is -2.16. The molecule has 0 aliphatic rings. The summed E-state index contributed by atoms with van der Waals surface area (Å²) in [5, 5.41) is 2.98. The maximum atomic E-state index is 12.2. The first-order valence-electron chi connectivity index (χ1n) is 6.31. The molecule has 0 saturated heterocycles. The smallest absolute Gasteiger partial charge is 0.251 e. The Balaban J connectivity index is 2.09. The van der Waals surface area contributed by atoms with Gasteiger partial charge in [0.1, 0.15) is 5.75 Å². The molecule has 1 atom stereocenters. The summed E-state index contributed by atoms with van der Waals surface area (Å²) in [6.45, 7) is 1.96. The molecule has 0 unspecified atom stereocenters. The number of benzene rings is 2. The third-order valence-corrected chi connectivity index (χ3v) is 3.79. The van der Waals surface area contributed by atoms with Gasteiger partial charge in [-0.2, -0.15) is 0 Å².